The van der Waals surface area contributed by atoms with Gasteiger partial charge in [-0.1, -0.05) is 17.7 Å². The Morgan fingerprint density at radius 3 is 2.37 bits per heavy atom. The lowest BCUT2D eigenvalue weighted by atomic mass is 10.2. The number of pyridine rings is 1. The zero-order valence-corrected chi connectivity index (χ0v) is 15.6. The van der Waals surface area contributed by atoms with Crippen LogP contribution < -0.4 is 10.2 Å². The molecule has 27 heavy (non-hydrogen) atoms. The molecule has 0 spiro atoms. The quantitative estimate of drug-likeness (QED) is 0.898. The Kier molecular flexibility index (Phi) is 5.90. The SMILES string of the molecule is CCOC(=O)N1CCN(c2ccc(C(=O)Nc3ccc(C)cc3)nc2)CC1. The van der Waals surface area contributed by atoms with Crippen LogP contribution in [0.3, 0.4) is 0 Å². The van der Waals surface area contributed by atoms with Gasteiger partial charge in [-0.25, -0.2) is 9.78 Å². The molecule has 1 aromatic heterocycles. The molecule has 1 aliphatic rings. The molecule has 7 heteroatoms. The van der Waals surface area contributed by atoms with E-state index in [1.165, 1.54) is 0 Å². The lowest BCUT2D eigenvalue weighted by Gasteiger charge is -2.35. The van der Waals surface area contributed by atoms with Crippen LogP contribution in [0.1, 0.15) is 23.0 Å². The zero-order chi connectivity index (χ0) is 19.2. The number of piperazine rings is 1. The van der Waals surface area contributed by atoms with E-state index < -0.39 is 0 Å². The van der Waals surface area contributed by atoms with Gasteiger partial charge in [0.15, 0.2) is 0 Å². The van der Waals surface area contributed by atoms with Crippen molar-refractivity contribution in [3.8, 4) is 0 Å². The predicted molar refractivity (Wildman–Crippen MR) is 104 cm³/mol. The zero-order valence-electron chi connectivity index (χ0n) is 15.6. The largest absolute Gasteiger partial charge is 0.450 e. The second-order valence-electron chi connectivity index (χ2n) is 6.39. The van der Waals surface area contributed by atoms with Crippen molar-refractivity contribution in [3.63, 3.8) is 0 Å². The van der Waals surface area contributed by atoms with Crippen molar-refractivity contribution < 1.29 is 14.3 Å². The average molecular weight is 368 g/mol. The van der Waals surface area contributed by atoms with Crippen LogP contribution >= 0.6 is 0 Å². The smallest absolute Gasteiger partial charge is 0.409 e. The lowest BCUT2D eigenvalue weighted by molar-refractivity contribution is 0.101. The third-order valence-corrected chi connectivity index (χ3v) is 4.46. The number of nitrogens with zero attached hydrogens (tertiary/aromatic N) is 3. The number of carbonyl (C=O) groups excluding carboxylic acids is 2. The van der Waals surface area contributed by atoms with Crippen LogP contribution in [0.4, 0.5) is 16.2 Å². The molecule has 1 saturated heterocycles. The van der Waals surface area contributed by atoms with Crippen LogP contribution in [0.2, 0.25) is 0 Å². The van der Waals surface area contributed by atoms with Crippen molar-refractivity contribution >= 4 is 23.4 Å². The number of nitrogens with one attached hydrogen (secondary N) is 1. The number of aromatic nitrogens is 1. The molecular weight excluding hydrogens is 344 g/mol. The minimum atomic E-state index is -0.265. The van der Waals surface area contributed by atoms with Crippen LogP contribution in [-0.4, -0.2) is 54.7 Å². The molecule has 2 aromatic rings. The van der Waals surface area contributed by atoms with Crippen molar-refractivity contribution in [2.45, 2.75) is 13.8 Å². The first kappa shape index (κ1) is 18.7. The number of hydrogen-bond acceptors (Lipinski definition) is 5. The summed E-state index contributed by atoms with van der Waals surface area (Å²) in [5, 5.41) is 2.84. The molecule has 0 atom stereocenters. The van der Waals surface area contributed by atoms with E-state index in [9.17, 15) is 9.59 Å². The van der Waals surface area contributed by atoms with E-state index in [2.05, 4.69) is 15.2 Å². The minimum absolute atomic E-state index is 0.238. The van der Waals surface area contributed by atoms with Crippen LogP contribution in [0.5, 0.6) is 0 Å². The molecule has 1 aromatic carbocycles. The van der Waals surface area contributed by atoms with Gasteiger partial charge < -0.3 is 19.9 Å². The van der Waals surface area contributed by atoms with E-state index in [-0.39, 0.29) is 12.0 Å². The molecule has 2 amide bonds. The molecule has 3 rings (SSSR count). The van der Waals surface area contributed by atoms with Crippen LogP contribution in [-0.2, 0) is 4.74 Å². The number of hydrogen-bond donors (Lipinski definition) is 1. The van der Waals surface area contributed by atoms with E-state index >= 15 is 0 Å². The Bertz CT molecular complexity index is 782. The highest BCUT2D eigenvalue weighted by atomic mass is 16.6. The van der Waals surface area contributed by atoms with Crippen LogP contribution in [0.25, 0.3) is 0 Å². The van der Waals surface area contributed by atoms with Gasteiger partial charge in [-0.3, -0.25) is 4.79 Å². The minimum Gasteiger partial charge on any atom is -0.450 e. The van der Waals surface area contributed by atoms with Crippen LogP contribution in [0.15, 0.2) is 42.6 Å². The summed E-state index contributed by atoms with van der Waals surface area (Å²) in [6, 6.07) is 11.2. The van der Waals surface area contributed by atoms with E-state index in [0.29, 0.717) is 38.5 Å². The fourth-order valence-electron chi connectivity index (χ4n) is 2.90. The molecule has 2 heterocycles. The van der Waals surface area contributed by atoms with Gasteiger partial charge in [-0.05, 0) is 38.1 Å². The Morgan fingerprint density at radius 1 is 1.07 bits per heavy atom. The topological polar surface area (TPSA) is 74.8 Å². The van der Waals surface area contributed by atoms with Crippen molar-refractivity contribution in [3.05, 3.63) is 53.9 Å². The van der Waals surface area contributed by atoms with Gasteiger partial charge in [-0.15, -0.1) is 0 Å². The summed E-state index contributed by atoms with van der Waals surface area (Å²) in [7, 11) is 0. The van der Waals surface area contributed by atoms with Crippen molar-refractivity contribution in [2.75, 3.05) is 43.0 Å². The van der Waals surface area contributed by atoms with Gasteiger partial charge in [0.1, 0.15) is 5.69 Å². The molecular formula is C20H24N4O3. The number of ether oxygens (including phenoxy) is 1. The summed E-state index contributed by atoms with van der Waals surface area (Å²) in [5.41, 5.74) is 3.18. The number of aryl methyl sites for hydroxylation is 1. The molecule has 1 fully saturated rings. The average Bonchev–Trinajstić information content (AvgIpc) is 2.70. The van der Waals surface area contributed by atoms with Gasteiger partial charge >= 0.3 is 6.09 Å². The second kappa shape index (κ2) is 8.53. The fourth-order valence-corrected chi connectivity index (χ4v) is 2.90. The second-order valence-corrected chi connectivity index (χ2v) is 6.39. The maximum Gasteiger partial charge on any atom is 0.409 e. The normalized spacial score (nSPS) is 14.0. The highest BCUT2D eigenvalue weighted by Gasteiger charge is 2.22. The number of amides is 2. The summed E-state index contributed by atoms with van der Waals surface area (Å²) in [6.07, 6.45) is 1.43. The van der Waals surface area contributed by atoms with Crippen molar-refractivity contribution in [1.29, 1.82) is 0 Å². The first-order valence-corrected chi connectivity index (χ1v) is 9.07. The summed E-state index contributed by atoms with van der Waals surface area (Å²) < 4.78 is 5.03. The monoisotopic (exact) mass is 368 g/mol. The van der Waals surface area contributed by atoms with E-state index in [1.807, 2.05) is 37.3 Å². The van der Waals surface area contributed by atoms with Gasteiger partial charge in [0.25, 0.3) is 5.91 Å². The molecule has 1 aliphatic heterocycles. The molecule has 142 valence electrons. The first-order valence-electron chi connectivity index (χ1n) is 9.07. The number of anilines is 2. The highest BCUT2D eigenvalue weighted by Crippen LogP contribution is 2.17. The van der Waals surface area contributed by atoms with Gasteiger partial charge in [0, 0.05) is 31.9 Å². The number of carbonyl (C=O) groups is 2. The Labute approximate surface area is 158 Å². The van der Waals surface area contributed by atoms with Crippen LogP contribution in [0, 0.1) is 6.92 Å². The standard InChI is InChI=1S/C20H24N4O3/c1-3-27-20(26)24-12-10-23(11-13-24)17-8-9-18(21-14-17)19(25)22-16-6-4-15(2)5-7-16/h4-9,14H,3,10-13H2,1-2H3,(H,22,25). The van der Waals surface area contributed by atoms with Gasteiger partial charge in [0.05, 0.1) is 18.5 Å². The summed E-state index contributed by atoms with van der Waals surface area (Å²) >= 11 is 0. The summed E-state index contributed by atoms with van der Waals surface area (Å²) in [6.45, 7) is 6.80. The molecule has 1 N–H and O–H groups in total. The molecule has 0 aliphatic carbocycles. The highest BCUT2D eigenvalue weighted by molar-refractivity contribution is 6.02. The Balaban J connectivity index is 1.56. The lowest BCUT2D eigenvalue weighted by Crippen LogP contribution is -2.49. The number of benzene rings is 1. The van der Waals surface area contributed by atoms with Gasteiger partial charge in [0.2, 0.25) is 0 Å². The molecule has 0 radical (unpaired) electrons. The Hall–Kier alpha value is -3.09. The number of rotatable bonds is 4. The predicted octanol–water partition coefficient (Wildman–Crippen LogP) is 2.92. The molecule has 0 bridgehead atoms. The summed E-state index contributed by atoms with van der Waals surface area (Å²) in [5.74, 6) is -0.238. The maximum absolute atomic E-state index is 12.3. The van der Waals surface area contributed by atoms with Crippen molar-refractivity contribution in [2.24, 2.45) is 0 Å². The summed E-state index contributed by atoms with van der Waals surface area (Å²) in [4.78, 5) is 32.2. The molecule has 7 nitrogen and oxygen atoms in total. The molecule has 0 saturated carbocycles. The van der Waals surface area contributed by atoms with Crippen molar-refractivity contribution in [1.82, 2.24) is 9.88 Å². The first-order chi connectivity index (χ1) is 13.1. The van der Waals surface area contributed by atoms with E-state index in [0.717, 1.165) is 16.9 Å². The van der Waals surface area contributed by atoms with E-state index in [1.54, 1.807) is 24.1 Å². The molecule has 0 unspecified atom stereocenters. The Morgan fingerprint density at radius 2 is 1.78 bits per heavy atom. The van der Waals surface area contributed by atoms with Gasteiger partial charge in [-0.2, -0.15) is 0 Å². The third kappa shape index (κ3) is 4.75. The van der Waals surface area contributed by atoms with E-state index in [4.69, 9.17) is 4.74 Å². The fraction of sp³-hybridized carbons (Fsp3) is 0.350. The third-order valence-electron chi connectivity index (χ3n) is 4.46. The maximum atomic E-state index is 12.3.